The van der Waals surface area contributed by atoms with E-state index < -0.39 is 6.10 Å². The van der Waals surface area contributed by atoms with Crippen molar-refractivity contribution in [3.05, 3.63) is 65.2 Å². The second kappa shape index (κ2) is 6.93. The van der Waals surface area contributed by atoms with Gasteiger partial charge in [0.15, 0.2) is 5.96 Å². The van der Waals surface area contributed by atoms with Gasteiger partial charge in [0, 0.05) is 10.7 Å². The highest BCUT2D eigenvalue weighted by Crippen LogP contribution is 2.16. The Morgan fingerprint density at radius 1 is 1.15 bits per heavy atom. The second-order valence-electron chi connectivity index (χ2n) is 4.28. The van der Waals surface area contributed by atoms with Gasteiger partial charge in [-0.3, -0.25) is 4.99 Å². The Balaban J connectivity index is 1.93. The quantitative estimate of drug-likeness (QED) is 0.599. The van der Waals surface area contributed by atoms with Gasteiger partial charge in [-0.1, -0.05) is 41.9 Å². The largest absolute Gasteiger partial charge is 0.386 e. The highest BCUT2D eigenvalue weighted by atomic mass is 35.5. The van der Waals surface area contributed by atoms with Gasteiger partial charge in [-0.2, -0.15) is 0 Å². The first kappa shape index (κ1) is 14.4. The van der Waals surface area contributed by atoms with Crippen LogP contribution in [0.15, 0.2) is 59.6 Å². The number of nitrogens with two attached hydrogens (primary N) is 1. The first-order chi connectivity index (χ1) is 9.65. The van der Waals surface area contributed by atoms with Crippen molar-refractivity contribution in [2.24, 2.45) is 10.7 Å². The van der Waals surface area contributed by atoms with Crippen molar-refractivity contribution in [2.75, 3.05) is 11.9 Å². The minimum Gasteiger partial charge on any atom is -0.386 e. The number of aliphatic hydroxyl groups excluding tert-OH is 1. The van der Waals surface area contributed by atoms with Gasteiger partial charge in [0.2, 0.25) is 0 Å². The molecule has 4 nitrogen and oxygen atoms in total. The molecule has 104 valence electrons. The predicted octanol–water partition coefficient (Wildman–Crippen LogP) is 2.80. The summed E-state index contributed by atoms with van der Waals surface area (Å²) in [5.41, 5.74) is 7.37. The van der Waals surface area contributed by atoms with Gasteiger partial charge in [-0.25, -0.2) is 0 Å². The molecule has 0 aliphatic heterocycles. The third-order valence-corrected chi connectivity index (χ3v) is 2.99. The number of hydrogen-bond acceptors (Lipinski definition) is 2. The highest BCUT2D eigenvalue weighted by Gasteiger charge is 2.06. The molecule has 0 amide bonds. The van der Waals surface area contributed by atoms with Crippen molar-refractivity contribution in [1.29, 1.82) is 0 Å². The minimum absolute atomic E-state index is 0.188. The summed E-state index contributed by atoms with van der Waals surface area (Å²) in [6.45, 7) is 0.188. The number of rotatable bonds is 4. The summed E-state index contributed by atoms with van der Waals surface area (Å²) in [6, 6.07) is 16.5. The van der Waals surface area contributed by atoms with Crippen molar-refractivity contribution in [2.45, 2.75) is 6.10 Å². The number of para-hydroxylation sites is 1. The van der Waals surface area contributed by atoms with Crippen LogP contribution in [0, 0.1) is 0 Å². The Morgan fingerprint density at radius 3 is 2.45 bits per heavy atom. The van der Waals surface area contributed by atoms with E-state index in [-0.39, 0.29) is 12.5 Å². The maximum Gasteiger partial charge on any atom is 0.193 e. The lowest BCUT2D eigenvalue weighted by atomic mass is 10.1. The van der Waals surface area contributed by atoms with Crippen LogP contribution in [0.1, 0.15) is 11.7 Å². The highest BCUT2D eigenvalue weighted by molar-refractivity contribution is 6.30. The van der Waals surface area contributed by atoms with E-state index in [9.17, 15) is 5.11 Å². The first-order valence-electron chi connectivity index (χ1n) is 6.20. The van der Waals surface area contributed by atoms with Gasteiger partial charge in [-0.05, 0) is 29.8 Å². The Kier molecular flexibility index (Phi) is 4.98. The van der Waals surface area contributed by atoms with Crippen molar-refractivity contribution in [3.8, 4) is 0 Å². The summed E-state index contributed by atoms with van der Waals surface area (Å²) in [7, 11) is 0. The summed E-state index contributed by atoms with van der Waals surface area (Å²) in [5.74, 6) is 0.268. The molecule has 0 aliphatic carbocycles. The lowest BCUT2D eigenvalue weighted by molar-refractivity contribution is 0.187. The zero-order valence-corrected chi connectivity index (χ0v) is 11.6. The average Bonchev–Trinajstić information content (AvgIpc) is 2.46. The summed E-state index contributed by atoms with van der Waals surface area (Å²) in [5, 5.41) is 13.6. The van der Waals surface area contributed by atoms with E-state index in [2.05, 4.69) is 10.3 Å². The molecule has 0 saturated heterocycles. The fourth-order valence-electron chi connectivity index (χ4n) is 1.68. The van der Waals surface area contributed by atoms with E-state index >= 15 is 0 Å². The zero-order valence-electron chi connectivity index (χ0n) is 10.8. The smallest absolute Gasteiger partial charge is 0.193 e. The summed E-state index contributed by atoms with van der Waals surface area (Å²) < 4.78 is 0. The molecule has 1 atom stereocenters. The van der Waals surface area contributed by atoms with Crippen LogP contribution in [-0.2, 0) is 0 Å². The van der Waals surface area contributed by atoms with Gasteiger partial charge >= 0.3 is 0 Å². The third-order valence-electron chi connectivity index (χ3n) is 2.74. The Morgan fingerprint density at radius 2 is 1.80 bits per heavy atom. The summed E-state index contributed by atoms with van der Waals surface area (Å²) in [4.78, 5) is 4.12. The molecule has 4 N–H and O–H groups in total. The topological polar surface area (TPSA) is 70.6 Å². The van der Waals surface area contributed by atoms with Gasteiger partial charge in [-0.15, -0.1) is 0 Å². The van der Waals surface area contributed by atoms with Gasteiger partial charge in [0.25, 0.3) is 0 Å². The Hall–Kier alpha value is -2.04. The van der Waals surface area contributed by atoms with E-state index in [1.165, 1.54) is 0 Å². The lowest BCUT2D eigenvalue weighted by Gasteiger charge is -2.10. The van der Waals surface area contributed by atoms with Crippen LogP contribution in [0.25, 0.3) is 0 Å². The molecule has 2 aromatic rings. The predicted molar refractivity (Wildman–Crippen MR) is 83.0 cm³/mol. The first-order valence-corrected chi connectivity index (χ1v) is 6.58. The summed E-state index contributed by atoms with van der Waals surface area (Å²) in [6.07, 6.45) is -0.705. The van der Waals surface area contributed by atoms with Crippen LogP contribution in [0.3, 0.4) is 0 Å². The van der Waals surface area contributed by atoms with Gasteiger partial charge in [0.1, 0.15) is 0 Å². The average molecular weight is 290 g/mol. The number of anilines is 1. The molecular weight excluding hydrogens is 274 g/mol. The Labute approximate surface area is 122 Å². The molecule has 0 saturated carbocycles. The Bertz CT molecular complexity index is 569. The van der Waals surface area contributed by atoms with Crippen LogP contribution >= 0.6 is 11.6 Å². The van der Waals surface area contributed by atoms with Crippen molar-refractivity contribution in [3.63, 3.8) is 0 Å². The molecule has 1 unspecified atom stereocenters. The van der Waals surface area contributed by atoms with E-state index in [0.29, 0.717) is 5.02 Å². The number of benzene rings is 2. The van der Waals surface area contributed by atoms with Crippen LogP contribution in [0.5, 0.6) is 0 Å². The van der Waals surface area contributed by atoms with Crippen molar-refractivity contribution < 1.29 is 5.11 Å². The van der Waals surface area contributed by atoms with Crippen molar-refractivity contribution in [1.82, 2.24) is 0 Å². The maximum atomic E-state index is 9.99. The number of nitrogens with zero attached hydrogens (tertiary/aromatic N) is 1. The number of guanidine groups is 1. The second-order valence-corrected chi connectivity index (χ2v) is 4.72. The van der Waals surface area contributed by atoms with E-state index in [0.717, 1.165) is 11.3 Å². The minimum atomic E-state index is -0.705. The molecule has 0 aromatic heterocycles. The van der Waals surface area contributed by atoms with E-state index in [1.807, 2.05) is 30.3 Å². The molecule has 2 aromatic carbocycles. The van der Waals surface area contributed by atoms with Crippen molar-refractivity contribution >= 4 is 23.2 Å². The molecule has 0 radical (unpaired) electrons. The molecule has 5 heteroatoms. The maximum absolute atomic E-state index is 9.99. The molecule has 0 fully saturated rings. The molecule has 0 spiro atoms. The fourth-order valence-corrected chi connectivity index (χ4v) is 1.81. The van der Waals surface area contributed by atoms with Crippen LogP contribution in [0.4, 0.5) is 5.69 Å². The van der Waals surface area contributed by atoms with Crippen LogP contribution in [-0.4, -0.2) is 17.6 Å². The van der Waals surface area contributed by atoms with Gasteiger partial charge in [0.05, 0.1) is 12.6 Å². The van der Waals surface area contributed by atoms with Gasteiger partial charge < -0.3 is 16.2 Å². The number of hydrogen-bond donors (Lipinski definition) is 3. The molecule has 0 aliphatic rings. The third kappa shape index (κ3) is 4.26. The number of aliphatic imine (C=N–C) groups is 1. The SMILES string of the molecule is NC(=NCC(O)c1ccc(Cl)cc1)Nc1ccccc1. The monoisotopic (exact) mass is 289 g/mol. The molecule has 0 heterocycles. The number of aliphatic hydroxyl groups is 1. The number of halogens is 1. The van der Waals surface area contributed by atoms with E-state index in [1.54, 1.807) is 24.3 Å². The molecule has 20 heavy (non-hydrogen) atoms. The van der Waals surface area contributed by atoms with E-state index in [4.69, 9.17) is 17.3 Å². The standard InChI is InChI=1S/C15H16ClN3O/c16-12-8-6-11(7-9-12)14(20)10-18-15(17)19-13-4-2-1-3-5-13/h1-9,14,20H,10H2,(H3,17,18,19). The fraction of sp³-hybridized carbons (Fsp3) is 0.133. The normalized spacial score (nSPS) is 13.0. The molecule has 0 bridgehead atoms. The summed E-state index contributed by atoms with van der Waals surface area (Å²) >= 11 is 5.79. The van der Waals surface area contributed by atoms with Crippen LogP contribution < -0.4 is 11.1 Å². The lowest BCUT2D eigenvalue weighted by Crippen LogP contribution is -2.23. The zero-order chi connectivity index (χ0) is 14.4. The van der Waals surface area contributed by atoms with Crippen LogP contribution in [0.2, 0.25) is 5.02 Å². The molecular formula is C15H16ClN3O. The molecule has 2 rings (SSSR count). The number of nitrogens with one attached hydrogen (secondary N) is 1.